The van der Waals surface area contributed by atoms with Crippen LogP contribution in [-0.4, -0.2) is 25.4 Å². The van der Waals surface area contributed by atoms with Crippen molar-refractivity contribution in [1.82, 2.24) is 14.7 Å². The van der Waals surface area contributed by atoms with E-state index in [-0.39, 0.29) is 11.4 Å². The van der Waals surface area contributed by atoms with Crippen molar-refractivity contribution in [3.8, 4) is 0 Å². The van der Waals surface area contributed by atoms with Crippen molar-refractivity contribution in [1.29, 1.82) is 0 Å². The van der Waals surface area contributed by atoms with Crippen LogP contribution in [0.1, 0.15) is 9.88 Å². The summed E-state index contributed by atoms with van der Waals surface area (Å²) in [5, 5.41) is 3.49. The molecule has 0 spiro atoms. The molecule has 19 heavy (non-hydrogen) atoms. The Kier molecular flexibility index (Phi) is 4.13. The van der Waals surface area contributed by atoms with Crippen molar-refractivity contribution in [3.05, 3.63) is 34.4 Å². The van der Waals surface area contributed by atoms with E-state index in [1.165, 1.54) is 23.6 Å². The molecule has 102 valence electrons. The molecule has 0 aliphatic heterocycles. The van der Waals surface area contributed by atoms with Crippen LogP contribution in [0.5, 0.6) is 0 Å². The quantitative estimate of drug-likeness (QED) is 0.871. The first-order valence-electron chi connectivity index (χ1n) is 5.56. The fourth-order valence-electron chi connectivity index (χ4n) is 1.51. The van der Waals surface area contributed by atoms with E-state index in [1.807, 2.05) is 6.92 Å². The van der Waals surface area contributed by atoms with Gasteiger partial charge < -0.3 is 5.32 Å². The first-order valence-corrected chi connectivity index (χ1v) is 7.86. The van der Waals surface area contributed by atoms with Crippen LogP contribution in [-0.2, 0) is 16.6 Å². The van der Waals surface area contributed by atoms with Gasteiger partial charge in [0.2, 0.25) is 10.0 Å². The van der Waals surface area contributed by atoms with Gasteiger partial charge in [0.05, 0.1) is 6.54 Å². The SMILES string of the molecule is CNc1ncccc1S(=O)(=O)NCc1ncc(C)s1. The minimum Gasteiger partial charge on any atom is -0.372 e. The first-order chi connectivity index (χ1) is 9.03. The Bertz CT molecular complexity index is 667. The van der Waals surface area contributed by atoms with Crippen LogP contribution in [0.15, 0.2) is 29.4 Å². The second kappa shape index (κ2) is 5.64. The van der Waals surface area contributed by atoms with Crippen molar-refractivity contribution < 1.29 is 8.42 Å². The van der Waals surface area contributed by atoms with E-state index in [9.17, 15) is 8.42 Å². The predicted molar refractivity (Wildman–Crippen MR) is 74.7 cm³/mol. The zero-order valence-corrected chi connectivity index (χ0v) is 12.2. The zero-order chi connectivity index (χ0) is 13.9. The van der Waals surface area contributed by atoms with E-state index < -0.39 is 10.0 Å². The lowest BCUT2D eigenvalue weighted by atomic mass is 10.5. The summed E-state index contributed by atoms with van der Waals surface area (Å²) in [5.74, 6) is 0.324. The number of thiazole rings is 1. The van der Waals surface area contributed by atoms with E-state index in [4.69, 9.17) is 0 Å². The number of sulfonamides is 1. The van der Waals surface area contributed by atoms with Crippen LogP contribution < -0.4 is 10.0 Å². The summed E-state index contributed by atoms with van der Waals surface area (Å²) in [7, 11) is -1.97. The molecule has 0 fully saturated rings. The third-order valence-electron chi connectivity index (χ3n) is 2.38. The van der Waals surface area contributed by atoms with Gasteiger partial charge in [-0.3, -0.25) is 0 Å². The fraction of sp³-hybridized carbons (Fsp3) is 0.273. The van der Waals surface area contributed by atoms with E-state index >= 15 is 0 Å². The van der Waals surface area contributed by atoms with Gasteiger partial charge in [0, 0.05) is 24.3 Å². The molecule has 0 saturated carbocycles. The Morgan fingerprint density at radius 3 is 2.79 bits per heavy atom. The maximum Gasteiger partial charge on any atom is 0.244 e. The molecule has 2 heterocycles. The molecular formula is C11H14N4O2S2. The van der Waals surface area contributed by atoms with Gasteiger partial charge in [-0.25, -0.2) is 23.1 Å². The van der Waals surface area contributed by atoms with Gasteiger partial charge in [0.15, 0.2) is 0 Å². The highest BCUT2D eigenvalue weighted by molar-refractivity contribution is 7.89. The van der Waals surface area contributed by atoms with E-state index in [2.05, 4.69) is 20.0 Å². The first kappa shape index (κ1) is 13.9. The maximum atomic E-state index is 12.2. The molecule has 6 nitrogen and oxygen atoms in total. The Morgan fingerprint density at radius 2 is 2.16 bits per heavy atom. The summed E-state index contributed by atoms with van der Waals surface area (Å²) in [6.45, 7) is 2.11. The molecule has 0 atom stereocenters. The number of anilines is 1. The Labute approximate surface area is 116 Å². The lowest BCUT2D eigenvalue weighted by Gasteiger charge is -2.09. The number of pyridine rings is 1. The number of aryl methyl sites for hydroxylation is 1. The highest BCUT2D eigenvalue weighted by Crippen LogP contribution is 2.18. The normalized spacial score (nSPS) is 11.5. The van der Waals surface area contributed by atoms with E-state index in [0.29, 0.717) is 5.82 Å². The fourth-order valence-corrected chi connectivity index (χ4v) is 3.48. The average molecular weight is 298 g/mol. The topological polar surface area (TPSA) is 84.0 Å². The van der Waals surface area contributed by atoms with Crippen molar-refractivity contribution in [2.24, 2.45) is 0 Å². The monoisotopic (exact) mass is 298 g/mol. The second-order valence-electron chi connectivity index (χ2n) is 3.79. The van der Waals surface area contributed by atoms with Gasteiger partial charge in [0.25, 0.3) is 0 Å². The van der Waals surface area contributed by atoms with Gasteiger partial charge in [-0.1, -0.05) is 0 Å². The standard InChI is InChI=1S/C11H14N4O2S2/c1-8-6-14-10(18-8)7-15-19(16,17)9-4-3-5-13-11(9)12-2/h3-6,15H,7H2,1-2H3,(H,12,13). The minimum absolute atomic E-state index is 0.130. The lowest BCUT2D eigenvalue weighted by Crippen LogP contribution is -2.24. The van der Waals surface area contributed by atoms with Crippen LogP contribution in [0.25, 0.3) is 0 Å². The van der Waals surface area contributed by atoms with Crippen LogP contribution in [0.2, 0.25) is 0 Å². The van der Waals surface area contributed by atoms with Crippen LogP contribution in [0.4, 0.5) is 5.82 Å². The number of rotatable bonds is 5. The third-order valence-corrected chi connectivity index (χ3v) is 4.73. The molecule has 0 bridgehead atoms. The molecule has 0 aromatic carbocycles. The number of nitrogens with one attached hydrogen (secondary N) is 2. The average Bonchev–Trinajstić information content (AvgIpc) is 2.82. The smallest absolute Gasteiger partial charge is 0.244 e. The van der Waals surface area contributed by atoms with Gasteiger partial charge in [-0.2, -0.15) is 0 Å². The summed E-state index contributed by atoms with van der Waals surface area (Å²) in [6.07, 6.45) is 3.26. The van der Waals surface area contributed by atoms with Gasteiger partial charge in [-0.15, -0.1) is 11.3 Å². The molecule has 0 aliphatic carbocycles. The molecular weight excluding hydrogens is 284 g/mol. The molecule has 0 aliphatic rings. The van der Waals surface area contributed by atoms with Gasteiger partial charge >= 0.3 is 0 Å². The van der Waals surface area contributed by atoms with Gasteiger partial charge in [0.1, 0.15) is 15.7 Å². The second-order valence-corrected chi connectivity index (χ2v) is 6.84. The molecule has 0 unspecified atom stereocenters. The Hall–Kier alpha value is -1.51. The number of nitrogens with zero attached hydrogens (tertiary/aromatic N) is 2. The van der Waals surface area contributed by atoms with Crippen molar-refractivity contribution >= 4 is 27.2 Å². The summed E-state index contributed by atoms with van der Waals surface area (Å²) < 4.78 is 26.9. The van der Waals surface area contributed by atoms with Crippen LogP contribution in [0, 0.1) is 6.92 Å². The van der Waals surface area contributed by atoms with Crippen molar-refractivity contribution in [3.63, 3.8) is 0 Å². The Morgan fingerprint density at radius 1 is 1.37 bits per heavy atom. The largest absolute Gasteiger partial charge is 0.372 e. The highest BCUT2D eigenvalue weighted by atomic mass is 32.2. The minimum atomic E-state index is -3.60. The van der Waals surface area contributed by atoms with E-state index in [0.717, 1.165) is 9.88 Å². The molecule has 0 radical (unpaired) electrons. The van der Waals surface area contributed by atoms with Crippen molar-refractivity contribution in [2.45, 2.75) is 18.4 Å². The summed E-state index contributed by atoms with van der Waals surface area (Å²) in [6, 6.07) is 3.09. The molecule has 2 aromatic rings. The Balaban J connectivity index is 2.18. The molecule has 2 N–H and O–H groups in total. The zero-order valence-electron chi connectivity index (χ0n) is 10.5. The van der Waals surface area contributed by atoms with Gasteiger partial charge in [-0.05, 0) is 19.1 Å². The number of aromatic nitrogens is 2. The predicted octanol–water partition coefficient (Wildman–Crippen LogP) is 1.37. The molecule has 2 aromatic heterocycles. The number of hydrogen-bond donors (Lipinski definition) is 2. The maximum absolute atomic E-state index is 12.2. The number of hydrogen-bond acceptors (Lipinski definition) is 6. The summed E-state index contributed by atoms with van der Waals surface area (Å²) in [4.78, 5) is 9.27. The van der Waals surface area contributed by atoms with Crippen LogP contribution in [0.3, 0.4) is 0 Å². The highest BCUT2D eigenvalue weighted by Gasteiger charge is 2.18. The molecule has 8 heteroatoms. The summed E-state index contributed by atoms with van der Waals surface area (Å²) in [5.41, 5.74) is 0. The van der Waals surface area contributed by atoms with Crippen LogP contribution >= 0.6 is 11.3 Å². The third kappa shape index (κ3) is 3.28. The molecule has 0 amide bonds. The molecule has 0 saturated heterocycles. The van der Waals surface area contributed by atoms with E-state index in [1.54, 1.807) is 19.3 Å². The summed E-state index contributed by atoms with van der Waals surface area (Å²) >= 11 is 1.46. The lowest BCUT2D eigenvalue weighted by molar-refractivity contribution is 0.581. The van der Waals surface area contributed by atoms with Crippen molar-refractivity contribution in [2.75, 3.05) is 12.4 Å². The molecule has 2 rings (SSSR count).